The molecule has 3 heteroatoms. The highest BCUT2D eigenvalue weighted by Gasteiger charge is 2.15. The van der Waals surface area contributed by atoms with Gasteiger partial charge in [0.25, 0.3) is 0 Å². The predicted octanol–water partition coefficient (Wildman–Crippen LogP) is 7.15. The van der Waals surface area contributed by atoms with E-state index in [0.717, 1.165) is 34.2 Å². The van der Waals surface area contributed by atoms with Gasteiger partial charge in [-0.15, -0.1) is 0 Å². The molecule has 5 aromatic rings. The molecule has 154 valence electrons. The van der Waals surface area contributed by atoms with E-state index in [4.69, 9.17) is 9.97 Å². The fourth-order valence-corrected chi connectivity index (χ4v) is 3.73. The van der Waals surface area contributed by atoms with E-state index in [0.29, 0.717) is 6.54 Å². The monoisotopic (exact) mass is 413 g/mol. The first-order chi connectivity index (χ1) is 15.9. The van der Waals surface area contributed by atoms with Crippen molar-refractivity contribution in [2.45, 2.75) is 6.54 Å². The molecule has 0 saturated heterocycles. The van der Waals surface area contributed by atoms with Crippen molar-refractivity contribution in [2.75, 3.05) is 4.90 Å². The quantitative estimate of drug-likeness (QED) is 0.296. The number of rotatable bonds is 6. The van der Waals surface area contributed by atoms with Gasteiger partial charge in [-0.3, -0.25) is 0 Å². The molecule has 0 unspecified atom stereocenters. The van der Waals surface area contributed by atoms with Crippen molar-refractivity contribution in [1.29, 1.82) is 0 Å². The van der Waals surface area contributed by atoms with Gasteiger partial charge in [0.05, 0.1) is 17.9 Å². The summed E-state index contributed by atoms with van der Waals surface area (Å²) in [4.78, 5) is 12.2. The second-order valence-corrected chi connectivity index (χ2v) is 7.57. The van der Waals surface area contributed by atoms with Crippen LogP contribution in [0, 0.1) is 0 Å². The van der Waals surface area contributed by atoms with Gasteiger partial charge in [-0.25, -0.2) is 9.97 Å². The molecule has 0 bridgehead atoms. The SMILES string of the molecule is c1ccc(CN(c2cccc(-c3ccccc3)n2)c2cccc(-c3ccccc3)n2)cc1. The number of anilines is 2. The van der Waals surface area contributed by atoms with Crippen LogP contribution in [0.1, 0.15) is 5.56 Å². The van der Waals surface area contributed by atoms with Crippen molar-refractivity contribution >= 4 is 11.6 Å². The zero-order chi connectivity index (χ0) is 21.6. The number of aromatic nitrogens is 2. The van der Waals surface area contributed by atoms with Crippen LogP contribution >= 0.6 is 0 Å². The third-order valence-corrected chi connectivity index (χ3v) is 5.34. The lowest BCUT2D eigenvalue weighted by Gasteiger charge is -2.24. The first kappa shape index (κ1) is 19.7. The van der Waals surface area contributed by atoms with Gasteiger partial charge >= 0.3 is 0 Å². The van der Waals surface area contributed by atoms with Crippen LogP contribution in [0.4, 0.5) is 11.6 Å². The summed E-state index contributed by atoms with van der Waals surface area (Å²) in [6.45, 7) is 0.678. The Morgan fingerprint density at radius 3 is 1.34 bits per heavy atom. The molecule has 32 heavy (non-hydrogen) atoms. The second kappa shape index (κ2) is 9.27. The minimum Gasteiger partial charge on any atom is -0.306 e. The van der Waals surface area contributed by atoms with Gasteiger partial charge < -0.3 is 4.90 Å². The molecule has 5 rings (SSSR count). The Hall–Kier alpha value is -4.24. The first-order valence-corrected chi connectivity index (χ1v) is 10.7. The van der Waals surface area contributed by atoms with E-state index in [1.54, 1.807) is 0 Å². The van der Waals surface area contributed by atoms with Crippen molar-refractivity contribution in [2.24, 2.45) is 0 Å². The van der Waals surface area contributed by atoms with Crippen LogP contribution in [-0.2, 0) is 6.54 Å². The van der Waals surface area contributed by atoms with Crippen molar-refractivity contribution in [1.82, 2.24) is 9.97 Å². The zero-order valence-corrected chi connectivity index (χ0v) is 17.7. The molecule has 0 N–H and O–H groups in total. The van der Waals surface area contributed by atoms with Crippen molar-refractivity contribution in [3.05, 3.63) is 133 Å². The van der Waals surface area contributed by atoms with Gasteiger partial charge in [0, 0.05) is 11.1 Å². The molecule has 0 radical (unpaired) electrons. The average molecular weight is 414 g/mol. The van der Waals surface area contributed by atoms with E-state index >= 15 is 0 Å². The molecule has 2 heterocycles. The molecule has 0 aliphatic heterocycles. The van der Waals surface area contributed by atoms with Crippen LogP contribution in [0.5, 0.6) is 0 Å². The van der Waals surface area contributed by atoms with Gasteiger partial charge in [-0.1, -0.05) is 103 Å². The maximum Gasteiger partial charge on any atom is 0.135 e. The standard InChI is InChI=1S/C29H23N3/c1-4-12-23(13-5-1)22-32(28-20-10-18-26(30-28)24-14-6-2-7-15-24)29-21-11-19-27(31-29)25-16-8-3-9-17-25/h1-21H,22H2. The molecule has 3 aromatic carbocycles. The smallest absolute Gasteiger partial charge is 0.135 e. The normalized spacial score (nSPS) is 10.6. The Kier molecular flexibility index (Phi) is 5.71. The maximum atomic E-state index is 5.00. The summed E-state index contributed by atoms with van der Waals surface area (Å²) in [5.41, 5.74) is 5.28. The highest BCUT2D eigenvalue weighted by molar-refractivity contribution is 5.67. The highest BCUT2D eigenvalue weighted by atomic mass is 15.2. The average Bonchev–Trinajstić information content (AvgIpc) is 2.89. The molecule has 0 atom stereocenters. The highest BCUT2D eigenvalue weighted by Crippen LogP contribution is 2.29. The van der Waals surface area contributed by atoms with Crippen molar-refractivity contribution in [3.63, 3.8) is 0 Å². The number of hydrogen-bond donors (Lipinski definition) is 0. The molecule has 3 nitrogen and oxygen atoms in total. The fraction of sp³-hybridized carbons (Fsp3) is 0.0345. The molecule has 0 aliphatic carbocycles. The van der Waals surface area contributed by atoms with E-state index in [1.165, 1.54) is 5.56 Å². The van der Waals surface area contributed by atoms with Gasteiger partial charge in [0.1, 0.15) is 11.6 Å². The molecule has 0 saturated carbocycles. The molecule has 0 aliphatic rings. The van der Waals surface area contributed by atoms with Crippen molar-refractivity contribution in [3.8, 4) is 22.5 Å². The summed E-state index contributed by atoms with van der Waals surface area (Å²) in [5, 5.41) is 0. The van der Waals surface area contributed by atoms with Gasteiger partial charge in [-0.05, 0) is 29.8 Å². The molecular formula is C29H23N3. The summed E-state index contributed by atoms with van der Waals surface area (Å²) in [5.74, 6) is 1.74. The summed E-state index contributed by atoms with van der Waals surface area (Å²) < 4.78 is 0. The molecule has 2 aromatic heterocycles. The van der Waals surface area contributed by atoms with Crippen molar-refractivity contribution < 1.29 is 0 Å². The van der Waals surface area contributed by atoms with E-state index in [2.05, 4.69) is 65.6 Å². The van der Waals surface area contributed by atoms with E-state index in [9.17, 15) is 0 Å². The summed E-state index contributed by atoms with van der Waals surface area (Å²) in [6.07, 6.45) is 0. The Morgan fingerprint density at radius 1 is 0.438 bits per heavy atom. The Labute approximate surface area is 188 Å². The fourth-order valence-electron chi connectivity index (χ4n) is 3.73. The second-order valence-electron chi connectivity index (χ2n) is 7.57. The zero-order valence-electron chi connectivity index (χ0n) is 17.7. The number of benzene rings is 3. The van der Waals surface area contributed by atoms with Gasteiger partial charge in [-0.2, -0.15) is 0 Å². The lowest BCUT2D eigenvalue weighted by molar-refractivity contribution is 0.925. The summed E-state index contributed by atoms with van der Waals surface area (Å²) in [6, 6.07) is 43.3. The van der Waals surface area contributed by atoms with Crippen LogP contribution in [0.25, 0.3) is 22.5 Å². The predicted molar refractivity (Wildman–Crippen MR) is 132 cm³/mol. The third-order valence-electron chi connectivity index (χ3n) is 5.34. The number of nitrogens with zero attached hydrogens (tertiary/aromatic N) is 3. The minimum absolute atomic E-state index is 0.678. The molecular weight excluding hydrogens is 390 g/mol. The van der Waals surface area contributed by atoms with E-state index in [1.807, 2.05) is 66.7 Å². The Balaban J connectivity index is 1.58. The largest absolute Gasteiger partial charge is 0.306 e. The number of pyridine rings is 2. The van der Waals surface area contributed by atoms with Crippen LogP contribution in [0.15, 0.2) is 127 Å². The first-order valence-electron chi connectivity index (χ1n) is 10.7. The topological polar surface area (TPSA) is 29.0 Å². The maximum absolute atomic E-state index is 5.00. The van der Waals surface area contributed by atoms with Gasteiger partial charge in [0.15, 0.2) is 0 Å². The lowest BCUT2D eigenvalue weighted by atomic mass is 10.1. The Bertz CT molecular complexity index is 1200. The lowest BCUT2D eigenvalue weighted by Crippen LogP contribution is -2.19. The summed E-state index contributed by atoms with van der Waals surface area (Å²) in [7, 11) is 0. The van der Waals surface area contributed by atoms with Crippen LogP contribution in [0.3, 0.4) is 0 Å². The van der Waals surface area contributed by atoms with E-state index < -0.39 is 0 Å². The van der Waals surface area contributed by atoms with Crippen LogP contribution in [-0.4, -0.2) is 9.97 Å². The summed E-state index contributed by atoms with van der Waals surface area (Å²) >= 11 is 0. The molecule has 0 amide bonds. The van der Waals surface area contributed by atoms with Crippen LogP contribution in [0.2, 0.25) is 0 Å². The van der Waals surface area contributed by atoms with Crippen LogP contribution < -0.4 is 4.90 Å². The molecule has 0 spiro atoms. The minimum atomic E-state index is 0.678. The third kappa shape index (κ3) is 4.42. The Morgan fingerprint density at radius 2 is 0.875 bits per heavy atom. The van der Waals surface area contributed by atoms with Gasteiger partial charge in [0.2, 0.25) is 0 Å². The molecule has 0 fully saturated rings. The van der Waals surface area contributed by atoms with E-state index in [-0.39, 0.29) is 0 Å². The number of hydrogen-bond acceptors (Lipinski definition) is 3.